The average Bonchev–Trinajstić information content (AvgIpc) is 2.67. The number of rotatable bonds is 4. The molecule has 0 aliphatic carbocycles. The number of esters is 1. The molecule has 3 rings (SSSR count). The van der Waals surface area contributed by atoms with Gasteiger partial charge < -0.3 is 14.5 Å². The van der Waals surface area contributed by atoms with Crippen molar-refractivity contribution in [3.8, 4) is 0 Å². The van der Waals surface area contributed by atoms with Crippen molar-refractivity contribution in [1.29, 1.82) is 0 Å². The molecule has 0 bridgehead atoms. The van der Waals surface area contributed by atoms with Crippen molar-refractivity contribution < 1.29 is 27.6 Å². The van der Waals surface area contributed by atoms with E-state index in [-0.39, 0.29) is 5.97 Å². The molecule has 4 nitrogen and oxygen atoms in total. The summed E-state index contributed by atoms with van der Waals surface area (Å²) >= 11 is 0. The SMILES string of the molecule is COC(=O)c1cccc(C[NH+]2CCN(c3cccc(C(F)(F)F)c3)CC2)c1. The fourth-order valence-corrected chi connectivity index (χ4v) is 3.35. The number of nitrogens with one attached hydrogen (secondary N) is 1. The average molecular weight is 379 g/mol. The van der Waals surface area contributed by atoms with Crippen molar-refractivity contribution in [2.75, 3.05) is 38.2 Å². The van der Waals surface area contributed by atoms with E-state index in [2.05, 4.69) is 0 Å². The number of benzene rings is 2. The largest absolute Gasteiger partial charge is 0.465 e. The number of alkyl halides is 3. The van der Waals surface area contributed by atoms with Crippen LogP contribution in [0, 0.1) is 0 Å². The van der Waals surface area contributed by atoms with Gasteiger partial charge in [-0.15, -0.1) is 0 Å². The van der Waals surface area contributed by atoms with Crippen LogP contribution < -0.4 is 9.80 Å². The number of hydrogen-bond donors (Lipinski definition) is 1. The van der Waals surface area contributed by atoms with Crippen LogP contribution in [0.25, 0.3) is 0 Å². The highest BCUT2D eigenvalue weighted by Gasteiger charge is 2.31. The highest BCUT2D eigenvalue weighted by Crippen LogP contribution is 2.31. The van der Waals surface area contributed by atoms with Gasteiger partial charge in [0.15, 0.2) is 0 Å². The Hall–Kier alpha value is -2.54. The van der Waals surface area contributed by atoms with Crippen LogP contribution in [0.1, 0.15) is 21.5 Å². The van der Waals surface area contributed by atoms with Crippen LogP contribution in [0.4, 0.5) is 18.9 Å². The molecule has 1 heterocycles. The minimum atomic E-state index is -4.33. The van der Waals surface area contributed by atoms with Gasteiger partial charge in [-0.2, -0.15) is 13.2 Å². The fourth-order valence-electron chi connectivity index (χ4n) is 3.35. The maximum absolute atomic E-state index is 12.9. The molecule has 1 saturated heterocycles. The molecule has 1 N–H and O–H groups in total. The topological polar surface area (TPSA) is 34.0 Å². The standard InChI is InChI=1S/C20H21F3N2O2/c1-27-19(26)16-5-2-4-15(12-16)14-24-8-10-25(11-9-24)18-7-3-6-17(13-18)20(21,22)23/h2-7,12-13H,8-11,14H2,1H3/p+1. The summed E-state index contributed by atoms with van der Waals surface area (Å²) < 4.78 is 43.4. The van der Waals surface area contributed by atoms with Crippen LogP contribution in [0.5, 0.6) is 0 Å². The summed E-state index contributed by atoms with van der Waals surface area (Å²) in [5, 5.41) is 0. The molecule has 0 aromatic heterocycles. The molecule has 0 spiro atoms. The van der Waals surface area contributed by atoms with Gasteiger partial charge in [-0.05, 0) is 30.3 Å². The lowest BCUT2D eigenvalue weighted by Crippen LogP contribution is -3.13. The number of hydrogen-bond acceptors (Lipinski definition) is 3. The van der Waals surface area contributed by atoms with E-state index in [1.54, 1.807) is 12.1 Å². The number of anilines is 1. The van der Waals surface area contributed by atoms with Gasteiger partial charge in [0.25, 0.3) is 0 Å². The Morgan fingerprint density at radius 2 is 1.81 bits per heavy atom. The molecule has 0 saturated carbocycles. The van der Waals surface area contributed by atoms with Crippen LogP contribution in [-0.2, 0) is 17.5 Å². The van der Waals surface area contributed by atoms with Gasteiger partial charge in [-0.1, -0.05) is 18.2 Å². The van der Waals surface area contributed by atoms with E-state index < -0.39 is 11.7 Å². The van der Waals surface area contributed by atoms with Crippen molar-refractivity contribution in [1.82, 2.24) is 0 Å². The number of nitrogens with zero attached hydrogens (tertiary/aromatic N) is 1. The molecule has 1 aliphatic heterocycles. The van der Waals surface area contributed by atoms with Crippen molar-refractivity contribution in [3.63, 3.8) is 0 Å². The number of quaternary nitrogens is 1. The lowest BCUT2D eigenvalue weighted by atomic mass is 10.1. The lowest BCUT2D eigenvalue weighted by Gasteiger charge is -2.34. The first kappa shape index (κ1) is 19.2. The summed E-state index contributed by atoms with van der Waals surface area (Å²) in [4.78, 5) is 15.0. The Bertz CT molecular complexity index is 800. The van der Waals surface area contributed by atoms with Gasteiger partial charge in [0, 0.05) is 11.3 Å². The van der Waals surface area contributed by atoms with Gasteiger partial charge in [-0.25, -0.2) is 4.79 Å². The van der Waals surface area contributed by atoms with Crippen LogP contribution in [-0.4, -0.2) is 39.3 Å². The number of ether oxygens (including phenoxy) is 1. The third-order valence-corrected chi connectivity index (χ3v) is 4.81. The monoisotopic (exact) mass is 379 g/mol. The second kappa shape index (κ2) is 8.00. The molecule has 144 valence electrons. The third-order valence-electron chi connectivity index (χ3n) is 4.81. The predicted molar refractivity (Wildman–Crippen MR) is 95.8 cm³/mol. The summed E-state index contributed by atoms with van der Waals surface area (Å²) in [6, 6.07) is 12.8. The maximum atomic E-state index is 12.9. The van der Waals surface area contributed by atoms with Gasteiger partial charge in [0.1, 0.15) is 6.54 Å². The first-order valence-electron chi connectivity index (χ1n) is 8.80. The van der Waals surface area contributed by atoms with Crippen molar-refractivity contribution in [2.45, 2.75) is 12.7 Å². The Balaban J connectivity index is 1.60. The van der Waals surface area contributed by atoms with Gasteiger partial charge in [0.05, 0.1) is 44.4 Å². The molecule has 0 amide bonds. The zero-order chi connectivity index (χ0) is 19.4. The Labute approximate surface area is 156 Å². The summed E-state index contributed by atoms with van der Waals surface area (Å²) in [6.45, 7) is 3.78. The Morgan fingerprint density at radius 3 is 2.48 bits per heavy atom. The van der Waals surface area contributed by atoms with Crippen LogP contribution in [0.15, 0.2) is 48.5 Å². The van der Waals surface area contributed by atoms with Gasteiger partial charge in [0.2, 0.25) is 0 Å². The molecular weight excluding hydrogens is 357 g/mol. The smallest absolute Gasteiger partial charge is 0.416 e. The van der Waals surface area contributed by atoms with E-state index in [4.69, 9.17) is 4.74 Å². The summed E-state index contributed by atoms with van der Waals surface area (Å²) in [7, 11) is 1.35. The quantitative estimate of drug-likeness (QED) is 0.829. The highest BCUT2D eigenvalue weighted by molar-refractivity contribution is 5.89. The molecular formula is C20H22F3N2O2+. The van der Waals surface area contributed by atoms with E-state index in [1.165, 1.54) is 24.1 Å². The van der Waals surface area contributed by atoms with Crippen LogP contribution in [0.2, 0.25) is 0 Å². The molecule has 0 unspecified atom stereocenters. The summed E-state index contributed by atoms with van der Waals surface area (Å²) in [6.07, 6.45) is -4.33. The molecule has 27 heavy (non-hydrogen) atoms. The molecule has 0 atom stereocenters. The lowest BCUT2D eigenvalue weighted by molar-refractivity contribution is -0.914. The highest BCUT2D eigenvalue weighted by atomic mass is 19.4. The molecule has 1 aliphatic rings. The molecule has 7 heteroatoms. The van der Waals surface area contributed by atoms with Crippen molar-refractivity contribution >= 4 is 11.7 Å². The van der Waals surface area contributed by atoms with Gasteiger partial charge in [-0.3, -0.25) is 0 Å². The van der Waals surface area contributed by atoms with E-state index in [1.807, 2.05) is 23.1 Å². The van der Waals surface area contributed by atoms with E-state index in [0.717, 1.165) is 31.3 Å². The molecule has 2 aromatic rings. The minimum Gasteiger partial charge on any atom is -0.465 e. The summed E-state index contributed by atoms with van der Waals surface area (Å²) in [5.41, 5.74) is 1.56. The van der Waals surface area contributed by atoms with Crippen LogP contribution in [0.3, 0.4) is 0 Å². The minimum absolute atomic E-state index is 0.360. The van der Waals surface area contributed by atoms with E-state index in [0.29, 0.717) is 24.3 Å². The number of methoxy groups -OCH3 is 1. The second-order valence-electron chi connectivity index (χ2n) is 6.65. The normalized spacial score (nSPS) is 15.6. The zero-order valence-corrected chi connectivity index (χ0v) is 15.1. The van der Waals surface area contributed by atoms with E-state index >= 15 is 0 Å². The molecule has 0 radical (unpaired) electrons. The second-order valence-corrected chi connectivity index (χ2v) is 6.65. The first-order chi connectivity index (χ1) is 12.9. The molecule has 1 fully saturated rings. The van der Waals surface area contributed by atoms with Crippen molar-refractivity contribution in [2.24, 2.45) is 0 Å². The fraction of sp³-hybridized carbons (Fsp3) is 0.350. The first-order valence-corrected chi connectivity index (χ1v) is 8.80. The van der Waals surface area contributed by atoms with Gasteiger partial charge >= 0.3 is 12.1 Å². The van der Waals surface area contributed by atoms with E-state index in [9.17, 15) is 18.0 Å². The molecule has 2 aromatic carbocycles. The number of carbonyl (C=O) groups is 1. The predicted octanol–water partition coefficient (Wildman–Crippen LogP) is 2.40. The Kier molecular flexibility index (Phi) is 5.70. The van der Waals surface area contributed by atoms with Crippen molar-refractivity contribution in [3.05, 3.63) is 65.2 Å². The number of halogens is 3. The summed E-state index contributed by atoms with van der Waals surface area (Å²) in [5.74, 6) is -0.360. The Morgan fingerprint density at radius 1 is 1.11 bits per heavy atom. The maximum Gasteiger partial charge on any atom is 0.416 e. The third kappa shape index (κ3) is 4.80. The zero-order valence-electron chi connectivity index (χ0n) is 15.1. The number of carbonyl (C=O) groups excluding carboxylic acids is 1. The number of piperazine rings is 1. The van der Waals surface area contributed by atoms with Crippen LogP contribution >= 0.6 is 0 Å².